The molecule has 162 valence electrons. The van der Waals surface area contributed by atoms with E-state index in [4.69, 9.17) is 9.26 Å². The number of amides is 1. The molecule has 1 aliphatic carbocycles. The van der Waals surface area contributed by atoms with Crippen LogP contribution in [0.4, 0.5) is 4.39 Å². The topological polar surface area (TPSA) is 86.3 Å². The minimum Gasteiger partial charge on any atom is -0.377 e. The van der Waals surface area contributed by atoms with Crippen molar-refractivity contribution in [3.05, 3.63) is 30.2 Å². The third-order valence-corrected chi connectivity index (χ3v) is 6.83. The van der Waals surface area contributed by atoms with Gasteiger partial charge in [0.1, 0.15) is 0 Å². The second-order valence-electron chi connectivity index (χ2n) is 9.05. The highest BCUT2D eigenvalue weighted by Crippen LogP contribution is 2.43. The van der Waals surface area contributed by atoms with Crippen molar-refractivity contribution in [3.8, 4) is 11.5 Å². The summed E-state index contributed by atoms with van der Waals surface area (Å²) < 4.78 is 27.1. The van der Waals surface area contributed by atoms with Crippen LogP contribution >= 0.6 is 0 Å². The molecular formula is C22H24FN5O3. The van der Waals surface area contributed by atoms with E-state index < -0.39 is 5.67 Å². The molecule has 2 saturated heterocycles. The quantitative estimate of drug-likeness (QED) is 0.638. The van der Waals surface area contributed by atoms with Gasteiger partial charge in [-0.1, -0.05) is 11.2 Å². The largest absolute Gasteiger partial charge is 0.377 e. The van der Waals surface area contributed by atoms with E-state index >= 15 is 0 Å². The van der Waals surface area contributed by atoms with Gasteiger partial charge in [-0.3, -0.25) is 9.48 Å². The van der Waals surface area contributed by atoms with Gasteiger partial charge in [0.25, 0.3) is 11.8 Å². The summed E-state index contributed by atoms with van der Waals surface area (Å²) in [4.78, 5) is 18.7. The van der Waals surface area contributed by atoms with Gasteiger partial charge in [-0.05, 0) is 44.7 Å². The van der Waals surface area contributed by atoms with Gasteiger partial charge in [0.15, 0.2) is 11.5 Å². The number of hydrogen-bond acceptors (Lipinski definition) is 6. The number of fused-ring (bicyclic) bond motifs is 1. The number of halogens is 1. The molecule has 1 aromatic carbocycles. The molecule has 3 fully saturated rings. The number of benzene rings is 1. The maximum Gasteiger partial charge on any atom is 0.260 e. The molecule has 4 heterocycles. The van der Waals surface area contributed by atoms with Crippen molar-refractivity contribution in [2.45, 2.75) is 56.3 Å². The number of piperidine rings is 1. The zero-order chi connectivity index (χ0) is 21.2. The van der Waals surface area contributed by atoms with Gasteiger partial charge in [0.2, 0.25) is 0 Å². The Morgan fingerprint density at radius 2 is 2.13 bits per heavy atom. The minimum atomic E-state index is -1.61. The van der Waals surface area contributed by atoms with E-state index in [0.29, 0.717) is 57.2 Å². The van der Waals surface area contributed by atoms with E-state index in [0.717, 1.165) is 16.5 Å². The standard InChI is InChI=1S/C22H24FN5O3/c1-13-8-14(4-7-27(13)21(29)22(23)5-6-22)19-25-20(31-26-19)15-2-3-16-10-24-28(18(16)9-15)17-11-30-12-17/h2-3,9-10,13-14,17H,4-8,11-12H2,1H3/t13-,14+/m1/s1. The molecule has 2 aliphatic heterocycles. The number of nitrogens with zero attached hydrogens (tertiary/aromatic N) is 5. The monoisotopic (exact) mass is 425 g/mol. The van der Waals surface area contributed by atoms with Gasteiger partial charge in [-0.25, -0.2) is 4.39 Å². The number of ether oxygens (including phenoxy) is 1. The summed E-state index contributed by atoms with van der Waals surface area (Å²) in [7, 11) is 0. The first-order valence-corrected chi connectivity index (χ1v) is 10.9. The van der Waals surface area contributed by atoms with Crippen LogP contribution in [0, 0.1) is 0 Å². The lowest BCUT2D eigenvalue weighted by Gasteiger charge is -2.37. The SMILES string of the molecule is C[C@@H]1C[C@@H](c2noc(-c3ccc4cnn(C5COC5)c4c3)n2)CCN1C(=O)C1(F)CC1. The molecular weight excluding hydrogens is 401 g/mol. The van der Waals surface area contributed by atoms with Crippen molar-refractivity contribution >= 4 is 16.8 Å². The molecule has 2 atom stereocenters. The molecule has 31 heavy (non-hydrogen) atoms. The summed E-state index contributed by atoms with van der Waals surface area (Å²) in [5, 5.41) is 9.78. The average Bonchev–Trinajstić information content (AvgIpc) is 3.14. The maximum atomic E-state index is 14.2. The number of alkyl halides is 1. The molecule has 1 amide bonds. The number of carbonyl (C=O) groups is 1. The fraction of sp³-hybridized carbons (Fsp3) is 0.545. The van der Waals surface area contributed by atoms with Crippen LogP contribution in [0.25, 0.3) is 22.4 Å². The Labute approximate surface area is 178 Å². The molecule has 0 unspecified atom stereocenters. The Morgan fingerprint density at radius 1 is 1.29 bits per heavy atom. The number of aromatic nitrogens is 4. The van der Waals surface area contributed by atoms with Crippen LogP contribution in [0.15, 0.2) is 28.9 Å². The highest BCUT2D eigenvalue weighted by molar-refractivity contribution is 5.88. The smallest absolute Gasteiger partial charge is 0.260 e. The molecule has 6 rings (SSSR count). The molecule has 3 aliphatic rings. The lowest BCUT2D eigenvalue weighted by molar-refractivity contribution is -0.141. The summed E-state index contributed by atoms with van der Waals surface area (Å²) in [6.45, 7) is 3.84. The van der Waals surface area contributed by atoms with Crippen LogP contribution < -0.4 is 0 Å². The molecule has 2 aromatic heterocycles. The first-order valence-electron chi connectivity index (χ1n) is 10.9. The van der Waals surface area contributed by atoms with Gasteiger partial charge in [-0.15, -0.1) is 0 Å². The lowest BCUT2D eigenvalue weighted by Crippen LogP contribution is -2.48. The van der Waals surface area contributed by atoms with E-state index in [9.17, 15) is 9.18 Å². The predicted molar refractivity (Wildman–Crippen MR) is 109 cm³/mol. The van der Waals surface area contributed by atoms with Crippen molar-refractivity contribution in [2.75, 3.05) is 19.8 Å². The number of carbonyl (C=O) groups excluding carboxylic acids is 1. The van der Waals surface area contributed by atoms with E-state index in [1.807, 2.05) is 36.0 Å². The Morgan fingerprint density at radius 3 is 2.84 bits per heavy atom. The van der Waals surface area contributed by atoms with E-state index in [1.54, 1.807) is 4.90 Å². The molecule has 1 saturated carbocycles. The molecule has 8 nitrogen and oxygen atoms in total. The summed E-state index contributed by atoms with van der Waals surface area (Å²) in [5.74, 6) is 0.861. The third kappa shape index (κ3) is 3.13. The van der Waals surface area contributed by atoms with Gasteiger partial charge in [0.05, 0.1) is 31.0 Å². The van der Waals surface area contributed by atoms with Gasteiger partial charge < -0.3 is 14.2 Å². The average molecular weight is 425 g/mol. The van der Waals surface area contributed by atoms with E-state index in [1.165, 1.54) is 0 Å². The Kier molecular flexibility index (Phi) is 4.18. The Bertz CT molecular complexity index is 1150. The molecule has 0 spiro atoms. The third-order valence-electron chi connectivity index (χ3n) is 6.83. The predicted octanol–water partition coefficient (Wildman–Crippen LogP) is 3.25. The van der Waals surface area contributed by atoms with E-state index in [-0.39, 0.29) is 23.9 Å². The van der Waals surface area contributed by atoms with Crippen LogP contribution in [-0.4, -0.2) is 62.2 Å². The maximum absolute atomic E-state index is 14.2. The minimum absolute atomic E-state index is 0.0446. The molecule has 0 N–H and O–H groups in total. The number of rotatable bonds is 4. The van der Waals surface area contributed by atoms with Crippen molar-refractivity contribution in [1.82, 2.24) is 24.8 Å². The summed E-state index contributed by atoms with van der Waals surface area (Å²) in [6.07, 6.45) is 3.97. The molecule has 0 radical (unpaired) electrons. The van der Waals surface area contributed by atoms with Gasteiger partial charge in [0, 0.05) is 29.5 Å². The lowest BCUT2D eigenvalue weighted by atomic mass is 9.90. The van der Waals surface area contributed by atoms with Crippen molar-refractivity contribution in [3.63, 3.8) is 0 Å². The fourth-order valence-corrected chi connectivity index (χ4v) is 4.63. The first kappa shape index (κ1) is 18.9. The van der Waals surface area contributed by atoms with Crippen molar-refractivity contribution in [1.29, 1.82) is 0 Å². The van der Waals surface area contributed by atoms with Crippen molar-refractivity contribution in [2.24, 2.45) is 0 Å². The van der Waals surface area contributed by atoms with Crippen molar-refractivity contribution < 1.29 is 18.4 Å². The van der Waals surface area contributed by atoms with Crippen LogP contribution in [0.2, 0.25) is 0 Å². The Balaban J connectivity index is 1.21. The van der Waals surface area contributed by atoms with Crippen LogP contribution in [-0.2, 0) is 9.53 Å². The van der Waals surface area contributed by atoms with Gasteiger partial charge in [-0.2, -0.15) is 10.1 Å². The number of hydrogen-bond donors (Lipinski definition) is 0. The second-order valence-corrected chi connectivity index (χ2v) is 9.05. The summed E-state index contributed by atoms with van der Waals surface area (Å²) in [5.41, 5.74) is 0.255. The second kappa shape index (κ2) is 6.85. The highest BCUT2D eigenvalue weighted by atomic mass is 19.1. The van der Waals surface area contributed by atoms with E-state index in [2.05, 4.69) is 15.2 Å². The fourth-order valence-electron chi connectivity index (χ4n) is 4.63. The van der Waals surface area contributed by atoms with Gasteiger partial charge >= 0.3 is 0 Å². The highest BCUT2D eigenvalue weighted by Gasteiger charge is 2.54. The molecule has 0 bridgehead atoms. The normalized spacial score (nSPS) is 25.5. The summed E-state index contributed by atoms with van der Waals surface area (Å²) in [6, 6.07) is 6.21. The van der Waals surface area contributed by atoms with Crippen LogP contribution in [0.5, 0.6) is 0 Å². The van der Waals surface area contributed by atoms with Crippen LogP contribution in [0.3, 0.4) is 0 Å². The number of likely N-dealkylation sites (tertiary alicyclic amines) is 1. The zero-order valence-corrected chi connectivity index (χ0v) is 17.3. The first-order chi connectivity index (χ1) is 15.0. The molecule has 9 heteroatoms. The zero-order valence-electron chi connectivity index (χ0n) is 17.3. The van der Waals surface area contributed by atoms with Crippen LogP contribution in [0.1, 0.15) is 50.4 Å². The Hall–Kier alpha value is -2.81. The summed E-state index contributed by atoms with van der Waals surface area (Å²) >= 11 is 0. The molecule has 3 aromatic rings.